The fraction of sp³-hybridized carbons (Fsp3) is 0.0811. The highest BCUT2D eigenvalue weighted by molar-refractivity contribution is 9.10. The van der Waals surface area contributed by atoms with Gasteiger partial charge in [-0.3, -0.25) is 19.2 Å². The Morgan fingerprint density at radius 3 is 1.48 bits per heavy atom. The molecule has 0 atom stereocenters. The molecule has 11 heteroatoms. The van der Waals surface area contributed by atoms with E-state index in [9.17, 15) is 29.4 Å². The van der Waals surface area contributed by atoms with Gasteiger partial charge in [0.05, 0.1) is 46.8 Å². The number of benzene rings is 5. The summed E-state index contributed by atoms with van der Waals surface area (Å²) < 4.78 is 11.7. The summed E-state index contributed by atoms with van der Waals surface area (Å²) in [5.41, 5.74) is 13.3. The molecule has 2 aliphatic carbocycles. The Balaban J connectivity index is 0.000000182. The van der Waals surface area contributed by atoms with E-state index in [1.54, 1.807) is 48.5 Å². The monoisotopic (exact) mass is 706 g/mol. The van der Waals surface area contributed by atoms with Crippen molar-refractivity contribution >= 4 is 50.4 Å². The topological polar surface area (TPSA) is 179 Å². The molecule has 0 aromatic heterocycles. The smallest absolute Gasteiger partial charge is 0.198 e. The summed E-state index contributed by atoms with van der Waals surface area (Å²) in [6, 6.07) is 25.0. The molecule has 0 heterocycles. The van der Waals surface area contributed by atoms with Crippen molar-refractivity contribution < 1.29 is 38.9 Å². The van der Waals surface area contributed by atoms with Crippen molar-refractivity contribution in [2.75, 3.05) is 24.7 Å². The van der Waals surface area contributed by atoms with Crippen LogP contribution in [0.5, 0.6) is 23.0 Å². The lowest BCUT2D eigenvalue weighted by molar-refractivity contribution is 0.0977. The molecular weight excluding hydrogens is 680 g/mol. The number of nitrogen functional groups attached to an aromatic ring is 2. The third-order valence-electron chi connectivity index (χ3n) is 7.90. The number of phenols is 2. The molecule has 0 bridgehead atoms. The molecule has 0 radical (unpaired) electrons. The molecule has 0 fully saturated rings. The predicted molar refractivity (Wildman–Crippen MR) is 181 cm³/mol. The van der Waals surface area contributed by atoms with Crippen LogP contribution >= 0.6 is 15.9 Å². The zero-order valence-electron chi connectivity index (χ0n) is 25.2. The van der Waals surface area contributed by atoms with Gasteiger partial charge >= 0.3 is 0 Å². The third kappa shape index (κ3) is 5.64. The quantitative estimate of drug-likeness (QED) is 0.0895. The molecule has 0 aliphatic heterocycles. The molecular formula is C37H27BrN2O8. The number of halogens is 1. The van der Waals surface area contributed by atoms with E-state index in [-0.39, 0.29) is 85.7 Å². The van der Waals surface area contributed by atoms with E-state index >= 15 is 0 Å². The highest BCUT2D eigenvalue weighted by atomic mass is 79.9. The van der Waals surface area contributed by atoms with Crippen molar-refractivity contribution in [3.05, 3.63) is 140 Å². The first kappa shape index (κ1) is 32.0. The minimum atomic E-state index is -0.429. The normalized spacial score (nSPS) is 12.6. The van der Waals surface area contributed by atoms with Crippen LogP contribution in [0, 0.1) is 0 Å². The molecule has 5 aromatic rings. The Bertz CT molecular complexity index is 2150. The average Bonchev–Trinajstić information content (AvgIpc) is 3.09. The van der Waals surface area contributed by atoms with Gasteiger partial charge in [0.2, 0.25) is 0 Å². The van der Waals surface area contributed by atoms with Crippen LogP contribution in [0.3, 0.4) is 0 Å². The standard InChI is InChI=1S/C23H19NO5.C14H8BrNO3/c24-21-18(29-12-6-11-28-14-7-2-1-3-8-14)13-17(25)19-20(21)23(27)16-10-5-4-9-15(16)22(19)26;15-8-5-9(17)10-11(12(8)16)14(19)7-4-2-1-3-6(7)13(10)18/h1-5,7-10,13,25H,6,11-12,24H2;1-5,17H,16H2. The second-order valence-electron chi connectivity index (χ2n) is 10.9. The highest BCUT2D eigenvalue weighted by Crippen LogP contribution is 2.42. The van der Waals surface area contributed by atoms with Gasteiger partial charge in [-0.15, -0.1) is 0 Å². The molecule has 5 aromatic carbocycles. The number of aromatic hydroxyl groups is 2. The zero-order chi connectivity index (χ0) is 34.1. The van der Waals surface area contributed by atoms with E-state index in [4.69, 9.17) is 20.9 Å². The number of carbonyl (C=O) groups is 4. The van der Waals surface area contributed by atoms with Gasteiger partial charge in [-0.05, 0) is 34.1 Å². The first-order chi connectivity index (χ1) is 23.1. The Labute approximate surface area is 282 Å². The second kappa shape index (κ2) is 13.0. The van der Waals surface area contributed by atoms with Gasteiger partial charge in [-0.25, -0.2) is 0 Å². The van der Waals surface area contributed by atoms with Crippen LogP contribution < -0.4 is 20.9 Å². The van der Waals surface area contributed by atoms with Crippen molar-refractivity contribution in [3.8, 4) is 23.0 Å². The van der Waals surface area contributed by atoms with Gasteiger partial charge in [0.15, 0.2) is 23.1 Å². The largest absolute Gasteiger partial charge is 0.507 e. The van der Waals surface area contributed by atoms with Crippen LogP contribution in [0.25, 0.3) is 0 Å². The van der Waals surface area contributed by atoms with Gasteiger partial charge < -0.3 is 31.2 Å². The Morgan fingerprint density at radius 2 is 0.958 bits per heavy atom. The molecule has 240 valence electrons. The number of anilines is 2. The summed E-state index contributed by atoms with van der Waals surface area (Å²) in [6.45, 7) is 0.708. The van der Waals surface area contributed by atoms with E-state index in [1.807, 2.05) is 30.3 Å². The van der Waals surface area contributed by atoms with E-state index < -0.39 is 11.6 Å². The van der Waals surface area contributed by atoms with Crippen molar-refractivity contribution in [3.63, 3.8) is 0 Å². The van der Waals surface area contributed by atoms with Gasteiger partial charge in [0.25, 0.3) is 0 Å². The van der Waals surface area contributed by atoms with Crippen LogP contribution in [-0.2, 0) is 0 Å². The van der Waals surface area contributed by atoms with Crippen LogP contribution in [-0.4, -0.2) is 46.6 Å². The lowest BCUT2D eigenvalue weighted by Gasteiger charge is -2.21. The maximum absolute atomic E-state index is 12.9. The first-order valence-electron chi connectivity index (χ1n) is 14.7. The van der Waals surface area contributed by atoms with E-state index in [0.29, 0.717) is 23.1 Å². The van der Waals surface area contributed by atoms with Gasteiger partial charge in [0.1, 0.15) is 23.0 Å². The maximum Gasteiger partial charge on any atom is 0.198 e. The van der Waals surface area contributed by atoms with Crippen molar-refractivity contribution in [2.24, 2.45) is 0 Å². The molecule has 10 nitrogen and oxygen atoms in total. The first-order valence-corrected chi connectivity index (χ1v) is 15.5. The van der Waals surface area contributed by atoms with Crippen LogP contribution in [0.15, 0.2) is 95.5 Å². The average molecular weight is 708 g/mol. The van der Waals surface area contributed by atoms with Crippen LogP contribution in [0.4, 0.5) is 11.4 Å². The number of hydrogen-bond donors (Lipinski definition) is 4. The minimum Gasteiger partial charge on any atom is -0.507 e. The van der Waals surface area contributed by atoms with Crippen molar-refractivity contribution in [1.82, 2.24) is 0 Å². The highest BCUT2D eigenvalue weighted by Gasteiger charge is 2.36. The lowest BCUT2D eigenvalue weighted by atomic mass is 9.82. The molecule has 6 N–H and O–H groups in total. The number of phenolic OH excluding ortho intramolecular Hbond substituents is 2. The number of ketones is 4. The molecule has 48 heavy (non-hydrogen) atoms. The van der Waals surface area contributed by atoms with Crippen molar-refractivity contribution in [1.29, 1.82) is 0 Å². The van der Waals surface area contributed by atoms with Crippen LogP contribution in [0.2, 0.25) is 0 Å². The SMILES string of the molecule is Nc1c(Br)cc(O)c2c1C(=O)c1ccccc1C2=O.Nc1c(OCCCOc2ccccc2)cc(O)c2c1C(=O)c1ccccc1C2=O. The summed E-state index contributed by atoms with van der Waals surface area (Å²) in [6.07, 6.45) is 0.571. The fourth-order valence-corrected chi connectivity index (χ4v) is 6.02. The molecule has 0 saturated heterocycles. The molecule has 0 spiro atoms. The van der Waals surface area contributed by atoms with Crippen LogP contribution in [0.1, 0.15) is 70.1 Å². The van der Waals surface area contributed by atoms with Crippen molar-refractivity contribution in [2.45, 2.75) is 6.42 Å². The summed E-state index contributed by atoms with van der Waals surface area (Å²) in [5, 5.41) is 20.3. The summed E-state index contributed by atoms with van der Waals surface area (Å²) in [7, 11) is 0. The number of ether oxygens (including phenoxy) is 2. The molecule has 2 aliphatic rings. The number of nitrogens with two attached hydrogens (primary N) is 2. The number of para-hydroxylation sites is 1. The predicted octanol–water partition coefficient (Wildman–Crippen LogP) is 6.11. The number of rotatable bonds is 6. The number of hydrogen-bond acceptors (Lipinski definition) is 10. The fourth-order valence-electron chi connectivity index (χ4n) is 5.61. The van der Waals surface area contributed by atoms with E-state index in [1.165, 1.54) is 12.1 Å². The van der Waals surface area contributed by atoms with Gasteiger partial charge in [-0.2, -0.15) is 0 Å². The molecule has 0 unspecified atom stereocenters. The van der Waals surface area contributed by atoms with Gasteiger partial charge in [-0.1, -0.05) is 66.7 Å². The Morgan fingerprint density at radius 1 is 0.542 bits per heavy atom. The Kier molecular flexibility index (Phi) is 8.70. The number of carbonyl (C=O) groups excluding carboxylic acids is 4. The number of fused-ring (bicyclic) bond motifs is 4. The molecule has 0 amide bonds. The second-order valence-corrected chi connectivity index (χ2v) is 11.7. The molecule has 7 rings (SSSR count). The Hall–Kier alpha value is -5.94. The summed E-state index contributed by atoms with van der Waals surface area (Å²) >= 11 is 3.16. The molecule has 0 saturated carbocycles. The van der Waals surface area contributed by atoms with E-state index in [0.717, 1.165) is 5.75 Å². The lowest BCUT2D eigenvalue weighted by Crippen LogP contribution is -2.23. The van der Waals surface area contributed by atoms with E-state index in [2.05, 4.69) is 15.9 Å². The minimum absolute atomic E-state index is 0.00997. The summed E-state index contributed by atoms with van der Waals surface area (Å²) in [4.78, 5) is 50.4. The summed E-state index contributed by atoms with van der Waals surface area (Å²) in [5.74, 6) is -1.20. The zero-order valence-corrected chi connectivity index (χ0v) is 26.7. The third-order valence-corrected chi connectivity index (χ3v) is 8.56. The van der Waals surface area contributed by atoms with Gasteiger partial charge in [0, 0.05) is 39.2 Å². The maximum atomic E-state index is 12.9.